The predicted octanol–water partition coefficient (Wildman–Crippen LogP) is 4.31. The molecule has 0 aliphatic heterocycles. The fraction of sp³-hybridized carbons (Fsp3) is 0.250. The summed E-state index contributed by atoms with van der Waals surface area (Å²) >= 11 is 7.03. The van der Waals surface area contributed by atoms with E-state index in [2.05, 4.69) is 55.9 Å². The van der Waals surface area contributed by atoms with Crippen LogP contribution in [0.15, 0.2) is 27.1 Å². The van der Waals surface area contributed by atoms with Crippen LogP contribution in [0.4, 0.5) is 5.82 Å². The molecule has 2 aromatic rings. The Morgan fingerprint density at radius 1 is 1.29 bits per heavy atom. The molecular weight excluding hydrogens is 346 g/mol. The van der Waals surface area contributed by atoms with Gasteiger partial charge in [0.2, 0.25) is 0 Å². The average molecular weight is 359 g/mol. The minimum Gasteiger partial charge on any atom is -0.382 e. The van der Waals surface area contributed by atoms with Crippen molar-refractivity contribution in [1.82, 2.24) is 10.2 Å². The zero-order valence-corrected chi connectivity index (χ0v) is 12.8. The summed E-state index contributed by atoms with van der Waals surface area (Å²) in [5, 5.41) is 7.12. The van der Waals surface area contributed by atoms with Crippen LogP contribution in [0.3, 0.4) is 0 Å². The molecular formula is C12H13Br2N3. The van der Waals surface area contributed by atoms with Crippen molar-refractivity contribution in [2.75, 3.05) is 5.73 Å². The lowest BCUT2D eigenvalue weighted by molar-refractivity contribution is 0.873. The minimum absolute atomic E-state index is 0.328. The van der Waals surface area contributed by atoms with E-state index >= 15 is 0 Å². The number of hydrogen-bond acceptors (Lipinski definition) is 2. The van der Waals surface area contributed by atoms with Crippen LogP contribution in [0, 0.1) is 0 Å². The molecule has 1 heterocycles. The number of rotatable bonds is 2. The summed E-state index contributed by atoms with van der Waals surface area (Å²) in [6.07, 6.45) is 0. The maximum atomic E-state index is 5.90. The number of halogens is 2. The standard InChI is InChI=1S/C12H13Br2N3/c1-6(2)10-11(16-17-12(10)15)8-5-7(13)3-4-9(8)14/h3-6H,1-2H3,(H3,15,16,17). The van der Waals surface area contributed by atoms with Crippen molar-refractivity contribution >= 4 is 37.7 Å². The van der Waals surface area contributed by atoms with Crippen LogP contribution >= 0.6 is 31.9 Å². The molecule has 0 atom stereocenters. The molecule has 90 valence electrons. The Morgan fingerprint density at radius 2 is 2.00 bits per heavy atom. The van der Waals surface area contributed by atoms with E-state index < -0.39 is 0 Å². The lowest BCUT2D eigenvalue weighted by atomic mass is 9.99. The molecule has 0 unspecified atom stereocenters. The topological polar surface area (TPSA) is 54.7 Å². The highest BCUT2D eigenvalue weighted by molar-refractivity contribution is 9.11. The molecule has 1 aromatic carbocycles. The Bertz CT molecular complexity index is 547. The van der Waals surface area contributed by atoms with Gasteiger partial charge in [0.25, 0.3) is 0 Å². The van der Waals surface area contributed by atoms with Gasteiger partial charge in [-0.2, -0.15) is 5.10 Å². The van der Waals surface area contributed by atoms with Gasteiger partial charge in [0.1, 0.15) is 5.82 Å². The predicted molar refractivity (Wildman–Crippen MR) is 77.9 cm³/mol. The molecule has 0 aliphatic carbocycles. The number of nitrogens with zero attached hydrogens (tertiary/aromatic N) is 1. The molecule has 0 fully saturated rings. The first kappa shape index (κ1) is 12.6. The Morgan fingerprint density at radius 3 is 2.65 bits per heavy atom. The Labute approximate surface area is 117 Å². The van der Waals surface area contributed by atoms with Crippen LogP contribution in [0.1, 0.15) is 25.3 Å². The van der Waals surface area contributed by atoms with E-state index in [-0.39, 0.29) is 0 Å². The zero-order chi connectivity index (χ0) is 12.6. The molecule has 3 N–H and O–H groups in total. The third kappa shape index (κ3) is 2.40. The number of aromatic amines is 1. The quantitative estimate of drug-likeness (QED) is 0.840. The average Bonchev–Trinajstić information content (AvgIpc) is 2.64. The van der Waals surface area contributed by atoms with Gasteiger partial charge in [-0.25, -0.2) is 0 Å². The van der Waals surface area contributed by atoms with Gasteiger partial charge in [0.05, 0.1) is 5.69 Å². The van der Waals surface area contributed by atoms with E-state index in [1.54, 1.807) is 0 Å². The monoisotopic (exact) mass is 357 g/mol. The highest BCUT2D eigenvalue weighted by Gasteiger charge is 2.17. The fourth-order valence-corrected chi connectivity index (χ4v) is 2.65. The van der Waals surface area contributed by atoms with Crippen molar-refractivity contribution in [2.24, 2.45) is 0 Å². The molecule has 0 radical (unpaired) electrons. The molecule has 0 bridgehead atoms. The summed E-state index contributed by atoms with van der Waals surface area (Å²) in [5.41, 5.74) is 9.00. The second-order valence-corrected chi connectivity index (χ2v) is 5.95. The van der Waals surface area contributed by atoms with Crippen molar-refractivity contribution in [1.29, 1.82) is 0 Å². The van der Waals surface area contributed by atoms with Crippen LogP contribution in [0.5, 0.6) is 0 Å². The SMILES string of the molecule is CC(C)c1c(N)n[nH]c1-c1cc(Br)ccc1Br. The Hall–Kier alpha value is -0.810. The molecule has 5 heteroatoms. The summed E-state index contributed by atoms with van der Waals surface area (Å²) in [6.45, 7) is 4.22. The van der Waals surface area contributed by atoms with Crippen LogP contribution in [0.25, 0.3) is 11.3 Å². The Kier molecular flexibility index (Phi) is 3.58. The number of nitrogen functional groups attached to an aromatic ring is 1. The van der Waals surface area contributed by atoms with Crippen molar-refractivity contribution < 1.29 is 0 Å². The number of H-pyrrole nitrogens is 1. The smallest absolute Gasteiger partial charge is 0.149 e. The highest BCUT2D eigenvalue weighted by atomic mass is 79.9. The lowest BCUT2D eigenvalue weighted by Gasteiger charge is -2.09. The van der Waals surface area contributed by atoms with Gasteiger partial charge >= 0.3 is 0 Å². The minimum atomic E-state index is 0.328. The van der Waals surface area contributed by atoms with Gasteiger partial charge < -0.3 is 5.73 Å². The number of aromatic nitrogens is 2. The number of nitrogens with two attached hydrogens (primary N) is 1. The molecule has 1 aromatic heterocycles. The fourth-order valence-electron chi connectivity index (χ4n) is 1.84. The molecule has 3 nitrogen and oxygen atoms in total. The number of nitrogens with one attached hydrogen (secondary N) is 1. The van der Waals surface area contributed by atoms with E-state index in [0.29, 0.717) is 11.7 Å². The zero-order valence-electron chi connectivity index (χ0n) is 9.59. The van der Waals surface area contributed by atoms with Gasteiger partial charge in [0, 0.05) is 20.1 Å². The molecule has 0 saturated carbocycles. The van der Waals surface area contributed by atoms with Crippen LogP contribution < -0.4 is 5.73 Å². The molecule has 0 saturated heterocycles. The number of anilines is 1. The van der Waals surface area contributed by atoms with Gasteiger partial charge in [-0.3, -0.25) is 5.10 Å². The number of benzene rings is 1. The van der Waals surface area contributed by atoms with Crippen molar-refractivity contribution in [2.45, 2.75) is 19.8 Å². The molecule has 0 amide bonds. The van der Waals surface area contributed by atoms with E-state index in [9.17, 15) is 0 Å². The van der Waals surface area contributed by atoms with Crippen molar-refractivity contribution in [3.05, 3.63) is 32.7 Å². The third-order valence-electron chi connectivity index (χ3n) is 2.61. The third-order valence-corrected chi connectivity index (χ3v) is 3.79. The molecule has 2 rings (SSSR count). The van der Waals surface area contributed by atoms with Crippen LogP contribution in [-0.4, -0.2) is 10.2 Å². The van der Waals surface area contributed by atoms with Crippen molar-refractivity contribution in [3.8, 4) is 11.3 Å². The summed E-state index contributed by atoms with van der Waals surface area (Å²) in [4.78, 5) is 0. The maximum Gasteiger partial charge on any atom is 0.149 e. The van der Waals surface area contributed by atoms with E-state index in [1.807, 2.05) is 18.2 Å². The van der Waals surface area contributed by atoms with E-state index in [1.165, 1.54) is 0 Å². The van der Waals surface area contributed by atoms with Gasteiger partial charge in [-0.1, -0.05) is 45.7 Å². The second-order valence-electron chi connectivity index (χ2n) is 4.18. The lowest BCUT2D eigenvalue weighted by Crippen LogP contribution is -1.95. The first-order chi connectivity index (χ1) is 8.00. The summed E-state index contributed by atoms with van der Waals surface area (Å²) in [6, 6.07) is 6.03. The van der Waals surface area contributed by atoms with Gasteiger partial charge in [-0.05, 0) is 24.1 Å². The summed E-state index contributed by atoms with van der Waals surface area (Å²) in [5.74, 6) is 0.900. The summed E-state index contributed by atoms with van der Waals surface area (Å²) < 4.78 is 2.05. The largest absolute Gasteiger partial charge is 0.382 e. The maximum absolute atomic E-state index is 5.90. The van der Waals surface area contributed by atoms with Crippen molar-refractivity contribution in [3.63, 3.8) is 0 Å². The normalized spacial score (nSPS) is 11.1. The van der Waals surface area contributed by atoms with E-state index in [0.717, 1.165) is 25.8 Å². The van der Waals surface area contributed by atoms with Gasteiger partial charge in [-0.15, -0.1) is 0 Å². The van der Waals surface area contributed by atoms with Gasteiger partial charge in [0.15, 0.2) is 0 Å². The number of hydrogen-bond donors (Lipinski definition) is 2. The van der Waals surface area contributed by atoms with Crippen LogP contribution in [-0.2, 0) is 0 Å². The molecule has 0 spiro atoms. The van der Waals surface area contributed by atoms with Crippen LogP contribution in [0.2, 0.25) is 0 Å². The first-order valence-electron chi connectivity index (χ1n) is 5.30. The Balaban J connectivity index is 2.64. The second kappa shape index (κ2) is 4.82. The van der Waals surface area contributed by atoms with E-state index in [4.69, 9.17) is 5.73 Å². The highest BCUT2D eigenvalue weighted by Crippen LogP contribution is 2.36. The summed E-state index contributed by atoms with van der Waals surface area (Å²) in [7, 11) is 0. The first-order valence-corrected chi connectivity index (χ1v) is 6.88. The molecule has 17 heavy (non-hydrogen) atoms. The molecule has 0 aliphatic rings.